The highest BCUT2D eigenvalue weighted by Crippen LogP contribution is 2.10. The first-order chi connectivity index (χ1) is 10.4. The van der Waals surface area contributed by atoms with Gasteiger partial charge in [-0.1, -0.05) is 82.2 Å². The summed E-state index contributed by atoms with van der Waals surface area (Å²) in [6, 6.07) is 0. The van der Waals surface area contributed by atoms with Crippen LogP contribution in [0.3, 0.4) is 0 Å². The Labute approximate surface area is 134 Å². The molecular formula is C21H37. The minimum atomic E-state index is 1.12. The van der Waals surface area contributed by atoms with Crippen molar-refractivity contribution in [1.29, 1.82) is 0 Å². The molecule has 0 saturated carbocycles. The lowest BCUT2D eigenvalue weighted by Crippen LogP contribution is -1.80. The van der Waals surface area contributed by atoms with E-state index in [4.69, 9.17) is 0 Å². The van der Waals surface area contributed by atoms with Crippen molar-refractivity contribution in [1.82, 2.24) is 0 Å². The second-order valence-electron chi connectivity index (χ2n) is 5.84. The lowest BCUT2D eigenvalue weighted by molar-refractivity contribution is 0.596. The zero-order valence-corrected chi connectivity index (χ0v) is 14.4. The van der Waals surface area contributed by atoms with Crippen LogP contribution >= 0.6 is 0 Å². The molecule has 0 aliphatic carbocycles. The Morgan fingerprint density at radius 1 is 0.619 bits per heavy atom. The number of unbranched alkanes of at least 4 members (excludes halogenated alkanes) is 11. The van der Waals surface area contributed by atoms with Gasteiger partial charge in [0.1, 0.15) is 0 Å². The van der Waals surface area contributed by atoms with Gasteiger partial charge in [-0.2, -0.15) is 0 Å². The summed E-state index contributed by atoms with van der Waals surface area (Å²) in [5, 5.41) is 0. The highest BCUT2D eigenvalue weighted by molar-refractivity contribution is 4.92. The summed E-state index contributed by atoms with van der Waals surface area (Å²) in [4.78, 5) is 0. The molecule has 0 rings (SSSR count). The maximum atomic E-state index is 3.71. The first-order valence-electron chi connectivity index (χ1n) is 9.16. The van der Waals surface area contributed by atoms with Gasteiger partial charge in [0, 0.05) is 0 Å². The molecule has 0 aliphatic heterocycles. The van der Waals surface area contributed by atoms with Crippen LogP contribution in [-0.2, 0) is 0 Å². The summed E-state index contributed by atoms with van der Waals surface area (Å²) in [5.74, 6) is 0. The normalized spacial score (nSPS) is 11.7. The summed E-state index contributed by atoms with van der Waals surface area (Å²) in [5.41, 5.74) is 0. The number of hydrogen-bond donors (Lipinski definition) is 0. The topological polar surface area (TPSA) is 0 Å². The lowest BCUT2D eigenvalue weighted by Gasteiger charge is -1.99. The second kappa shape index (κ2) is 19.2. The van der Waals surface area contributed by atoms with E-state index >= 15 is 0 Å². The molecule has 0 saturated heterocycles. The van der Waals surface area contributed by atoms with E-state index in [2.05, 4.69) is 44.2 Å². The Kier molecular flexibility index (Phi) is 18.5. The molecule has 0 fully saturated rings. The molecule has 0 aromatic rings. The third kappa shape index (κ3) is 19.2. The maximum Gasteiger partial charge on any atom is -0.0169 e. The zero-order valence-electron chi connectivity index (χ0n) is 14.4. The van der Waals surface area contributed by atoms with Crippen molar-refractivity contribution in [3.63, 3.8) is 0 Å². The lowest BCUT2D eigenvalue weighted by atomic mass is 10.1. The van der Waals surface area contributed by atoms with Crippen LogP contribution in [-0.4, -0.2) is 0 Å². The molecule has 0 amide bonds. The molecule has 0 heteroatoms. The van der Waals surface area contributed by atoms with Crippen LogP contribution in [0.5, 0.6) is 0 Å². The fraction of sp³-hybridized carbons (Fsp3) is 0.667. The Hall–Kier alpha value is -0.780. The van der Waals surface area contributed by atoms with E-state index in [1.807, 2.05) is 6.08 Å². The third-order valence-corrected chi connectivity index (χ3v) is 3.74. The van der Waals surface area contributed by atoms with E-state index in [9.17, 15) is 0 Å². The third-order valence-electron chi connectivity index (χ3n) is 3.74. The first-order valence-corrected chi connectivity index (χ1v) is 9.16. The minimum Gasteiger partial charge on any atom is -0.103 e. The molecule has 0 aromatic carbocycles. The molecule has 0 aromatic heterocycles. The molecule has 0 N–H and O–H groups in total. The smallest absolute Gasteiger partial charge is 0.0169 e. The monoisotopic (exact) mass is 289 g/mol. The van der Waals surface area contributed by atoms with Gasteiger partial charge in [0.05, 0.1) is 0 Å². The van der Waals surface area contributed by atoms with Crippen LogP contribution in [0.15, 0.2) is 37.0 Å². The minimum absolute atomic E-state index is 1.12. The Morgan fingerprint density at radius 3 is 1.71 bits per heavy atom. The van der Waals surface area contributed by atoms with E-state index < -0.39 is 0 Å². The molecule has 0 spiro atoms. The van der Waals surface area contributed by atoms with Crippen LogP contribution in [0.1, 0.15) is 90.4 Å². The van der Waals surface area contributed by atoms with Gasteiger partial charge >= 0.3 is 0 Å². The number of hydrogen-bond acceptors (Lipinski definition) is 0. The summed E-state index contributed by atoms with van der Waals surface area (Å²) in [6.45, 7) is 5.96. The van der Waals surface area contributed by atoms with Crippen LogP contribution in [0.4, 0.5) is 0 Å². The highest BCUT2D eigenvalue weighted by Gasteiger charge is 1.90. The molecule has 0 unspecified atom stereocenters. The number of allylic oxidation sites excluding steroid dienone is 5. The van der Waals surface area contributed by atoms with Gasteiger partial charge in [0.15, 0.2) is 0 Å². The summed E-state index contributed by atoms with van der Waals surface area (Å²) in [6.07, 6.45) is 30.5. The fourth-order valence-corrected chi connectivity index (χ4v) is 2.37. The Balaban J connectivity index is 3.13. The Morgan fingerprint density at radius 2 is 1.14 bits per heavy atom. The van der Waals surface area contributed by atoms with Crippen molar-refractivity contribution in [2.75, 3.05) is 0 Å². The van der Waals surface area contributed by atoms with Crippen molar-refractivity contribution >= 4 is 0 Å². The van der Waals surface area contributed by atoms with Crippen LogP contribution in [0.2, 0.25) is 0 Å². The van der Waals surface area contributed by atoms with E-state index in [1.165, 1.54) is 77.0 Å². The first kappa shape index (κ1) is 20.2. The Bertz CT molecular complexity index is 247. The predicted octanol–water partition coefficient (Wildman–Crippen LogP) is 7.58. The zero-order chi connectivity index (χ0) is 15.4. The molecule has 121 valence electrons. The fourth-order valence-electron chi connectivity index (χ4n) is 2.37. The van der Waals surface area contributed by atoms with E-state index in [-0.39, 0.29) is 0 Å². The van der Waals surface area contributed by atoms with Gasteiger partial charge in [-0.3, -0.25) is 0 Å². The summed E-state index contributed by atoms with van der Waals surface area (Å²) < 4.78 is 0. The second-order valence-corrected chi connectivity index (χ2v) is 5.84. The highest BCUT2D eigenvalue weighted by atomic mass is 14.0. The number of rotatable bonds is 16. The maximum absolute atomic E-state index is 3.71. The molecule has 0 heterocycles. The quantitative estimate of drug-likeness (QED) is 0.203. The van der Waals surface area contributed by atoms with Crippen molar-refractivity contribution in [3.05, 3.63) is 43.4 Å². The van der Waals surface area contributed by atoms with Gasteiger partial charge in [0.25, 0.3) is 0 Å². The average Bonchev–Trinajstić information content (AvgIpc) is 2.50. The molecule has 0 nitrogen and oxygen atoms in total. The van der Waals surface area contributed by atoms with Gasteiger partial charge in [-0.25, -0.2) is 0 Å². The van der Waals surface area contributed by atoms with Gasteiger partial charge in [0.2, 0.25) is 0 Å². The van der Waals surface area contributed by atoms with E-state index in [1.54, 1.807) is 0 Å². The SMILES string of the molecule is C=C[CH]CCCCCCCC/C=C\C/C=C\CCCCC. The van der Waals surface area contributed by atoms with Crippen molar-refractivity contribution in [3.8, 4) is 0 Å². The van der Waals surface area contributed by atoms with Crippen LogP contribution < -0.4 is 0 Å². The molecule has 0 atom stereocenters. The predicted molar refractivity (Wildman–Crippen MR) is 98.5 cm³/mol. The van der Waals surface area contributed by atoms with E-state index in [0.29, 0.717) is 0 Å². The van der Waals surface area contributed by atoms with Crippen molar-refractivity contribution in [2.24, 2.45) is 0 Å². The molecule has 0 aliphatic rings. The van der Waals surface area contributed by atoms with Crippen molar-refractivity contribution < 1.29 is 0 Å². The van der Waals surface area contributed by atoms with Gasteiger partial charge in [-0.15, -0.1) is 6.58 Å². The van der Waals surface area contributed by atoms with Crippen LogP contribution in [0, 0.1) is 6.42 Å². The molecular weight excluding hydrogens is 252 g/mol. The van der Waals surface area contributed by atoms with Crippen LogP contribution in [0.25, 0.3) is 0 Å². The summed E-state index contributed by atoms with van der Waals surface area (Å²) >= 11 is 0. The van der Waals surface area contributed by atoms with Gasteiger partial charge in [-0.05, 0) is 44.9 Å². The molecule has 0 bridgehead atoms. The standard InChI is InChI=1S/C21H37/c1-3-5-7-9-11-13-15-17-19-21-20-18-16-14-12-10-8-6-4-2/h3,5,12,14,18,20H,1,4,6-11,13,15-17,19,21H2,2H3/b14-12-,20-18-. The van der Waals surface area contributed by atoms with E-state index in [0.717, 1.165) is 6.42 Å². The molecule has 1 radical (unpaired) electrons. The van der Waals surface area contributed by atoms with Crippen molar-refractivity contribution in [2.45, 2.75) is 90.4 Å². The summed E-state index contributed by atoms with van der Waals surface area (Å²) in [7, 11) is 0. The van der Waals surface area contributed by atoms with Gasteiger partial charge < -0.3 is 0 Å². The average molecular weight is 290 g/mol. The largest absolute Gasteiger partial charge is 0.103 e. The molecule has 21 heavy (non-hydrogen) atoms.